The molecule has 9 heteroatoms. The Balaban J connectivity index is 0.713. The van der Waals surface area contributed by atoms with Crippen LogP contribution in [-0.4, -0.2) is 43.6 Å². The molecule has 0 unspecified atom stereocenters. The van der Waals surface area contributed by atoms with Crippen molar-refractivity contribution < 1.29 is 0 Å². The Morgan fingerprint density at radius 2 is 0.432 bits per heavy atom. The van der Waals surface area contributed by atoms with Gasteiger partial charge in [0.15, 0.2) is 17.5 Å². The Morgan fingerprint density at radius 1 is 0.153 bits per heavy atom. The summed E-state index contributed by atoms with van der Waals surface area (Å²) in [5.41, 5.74) is 27.4. The molecule has 0 saturated carbocycles. The first-order valence-corrected chi connectivity index (χ1v) is 37.5. The second-order valence-corrected chi connectivity index (χ2v) is 28.2. The topological polar surface area (TPSA) is 92.1 Å². The van der Waals surface area contributed by atoms with Crippen LogP contribution in [0.2, 0.25) is 0 Å². The molecule has 15 aromatic carbocycles. The number of rotatable bonds is 14. The van der Waals surface area contributed by atoms with E-state index < -0.39 is 0 Å². The second kappa shape index (κ2) is 27.1. The molecule has 0 spiro atoms. The van der Waals surface area contributed by atoms with Crippen molar-refractivity contribution in [3.63, 3.8) is 0 Å². The number of fused-ring (bicyclic) bond motifs is 9. The van der Waals surface area contributed by atoms with Crippen LogP contribution >= 0.6 is 0 Å². The predicted octanol–water partition coefficient (Wildman–Crippen LogP) is 25.7. The minimum absolute atomic E-state index is 0.616. The lowest BCUT2D eigenvalue weighted by atomic mass is 9.95. The lowest BCUT2D eigenvalue weighted by Gasteiger charge is -2.16. The molecule has 6 heterocycles. The standard InChI is InChI=1S/C102H65N9/c1-6-27-68(28-7-1)87-63-90(106-100(103-87)71-31-10-3-11-32-71)75-57-74(66-53-55-78(56-54-66)109-93-43-21-16-37-82(93)83-38-17-22-44-94(83)109)58-76(59-75)91-65-89(105-102(107-91)73-35-14-5-15-36-73)70-51-49-67(50-52-70)81-42-26-48-98-99(81)86-41-20-25-47-97(86)111(98)80-61-77(60-79(62-80)110-95-45-23-18-39-84(95)85-40-19-24-46-96(85)110)92-64-88(69-29-8-2-9-30-69)104-101(108-92)72-33-12-4-13-34-72/h1-65H. The van der Waals surface area contributed by atoms with Crippen LogP contribution in [0.3, 0.4) is 0 Å². The summed E-state index contributed by atoms with van der Waals surface area (Å²) in [6.45, 7) is 0. The summed E-state index contributed by atoms with van der Waals surface area (Å²) in [5.74, 6) is 1.91. The highest BCUT2D eigenvalue weighted by Gasteiger charge is 2.24. The van der Waals surface area contributed by atoms with E-state index in [9.17, 15) is 0 Å². The number of hydrogen-bond acceptors (Lipinski definition) is 6. The lowest BCUT2D eigenvalue weighted by Crippen LogP contribution is -2.01. The summed E-state index contributed by atoms with van der Waals surface area (Å²) in [6, 6.07) is 140. The minimum Gasteiger partial charge on any atom is -0.309 e. The lowest BCUT2D eigenvalue weighted by molar-refractivity contribution is 1.13. The first kappa shape index (κ1) is 64.3. The van der Waals surface area contributed by atoms with E-state index in [1.807, 2.05) is 66.7 Å². The first-order chi connectivity index (χ1) is 55.0. The van der Waals surface area contributed by atoms with E-state index in [2.05, 4.69) is 341 Å². The van der Waals surface area contributed by atoms with Crippen molar-refractivity contribution in [1.29, 1.82) is 0 Å². The zero-order chi connectivity index (χ0) is 73.3. The van der Waals surface area contributed by atoms with E-state index in [4.69, 9.17) is 29.9 Å². The van der Waals surface area contributed by atoms with Gasteiger partial charge in [-0.3, -0.25) is 0 Å². The van der Waals surface area contributed by atoms with Crippen molar-refractivity contribution in [3.05, 3.63) is 394 Å². The average Bonchev–Trinajstić information content (AvgIpc) is 1.59. The Labute approximate surface area is 640 Å². The summed E-state index contributed by atoms with van der Waals surface area (Å²) in [6.07, 6.45) is 0. The zero-order valence-electron chi connectivity index (χ0n) is 60.1. The summed E-state index contributed by atoms with van der Waals surface area (Å²) >= 11 is 0. The third-order valence-electron chi connectivity index (χ3n) is 21.5. The quantitative estimate of drug-likeness (QED) is 0.108. The molecule has 6 aromatic heterocycles. The van der Waals surface area contributed by atoms with Crippen molar-refractivity contribution >= 4 is 65.4 Å². The SMILES string of the molecule is c1ccc(-c2cc(-c3cc(-c4ccc(-n5c6ccccc6c6ccccc65)cc4)cc(-c4cc(-c5ccc(-c6cccc7c6c6ccccc6n7-c6cc(-c7cc(-c8ccccc8)nc(-c8ccccc8)n7)cc(-n7c8ccccc8c8ccccc87)c6)cc5)nc(-c5ccccc5)n4)c3)nc(-c3ccccc3)n2)cc1. The van der Waals surface area contributed by atoms with E-state index in [0.29, 0.717) is 17.5 Å². The van der Waals surface area contributed by atoms with Crippen LogP contribution < -0.4 is 0 Å². The molecule has 9 nitrogen and oxygen atoms in total. The molecule has 0 aliphatic carbocycles. The van der Waals surface area contributed by atoms with Crippen LogP contribution in [-0.2, 0) is 0 Å². The maximum atomic E-state index is 5.51. The van der Waals surface area contributed by atoms with Crippen LogP contribution in [0.25, 0.3) is 206 Å². The van der Waals surface area contributed by atoms with Gasteiger partial charge in [0, 0.05) is 99.5 Å². The maximum absolute atomic E-state index is 5.51. The van der Waals surface area contributed by atoms with Gasteiger partial charge in [-0.2, -0.15) is 0 Å². The molecular formula is C102H65N9. The number of hydrogen-bond donors (Lipinski definition) is 0. The second-order valence-electron chi connectivity index (χ2n) is 28.2. The number of benzene rings is 15. The number of aromatic nitrogens is 9. The molecular weight excluding hydrogens is 1350 g/mol. The molecule has 111 heavy (non-hydrogen) atoms. The fourth-order valence-corrected chi connectivity index (χ4v) is 16.3. The van der Waals surface area contributed by atoms with Gasteiger partial charge in [0.1, 0.15) is 0 Å². The number of para-hydroxylation sites is 5. The molecule has 21 aromatic rings. The normalized spacial score (nSPS) is 11.6. The summed E-state index contributed by atoms with van der Waals surface area (Å²) in [7, 11) is 0. The Kier molecular flexibility index (Phi) is 15.7. The van der Waals surface area contributed by atoms with Gasteiger partial charge in [-0.25, -0.2) is 29.9 Å². The molecule has 0 saturated heterocycles. The minimum atomic E-state index is 0.616. The monoisotopic (exact) mass is 1420 g/mol. The van der Waals surface area contributed by atoms with Crippen LogP contribution in [0.1, 0.15) is 0 Å². The van der Waals surface area contributed by atoms with Crippen LogP contribution in [0, 0.1) is 0 Å². The largest absolute Gasteiger partial charge is 0.309 e. The van der Waals surface area contributed by atoms with E-state index in [-0.39, 0.29) is 0 Å². The zero-order valence-corrected chi connectivity index (χ0v) is 60.1. The summed E-state index contributed by atoms with van der Waals surface area (Å²) < 4.78 is 7.21. The van der Waals surface area contributed by atoms with E-state index in [1.54, 1.807) is 0 Å². The van der Waals surface area contributed by atoms with Gasteiger partial charge in [-0.15, -0.1) is 0 Å². The van der Waals surface area contributed by atoms with E-state index >= 15 is 0 Å². The number of nitrogens with zero attached hydrogens (tertiary/aromatic N) is 9. The molecule has 518 valence electrons. The van der Waals surface area contributed by atoms with Gasteiger partial charge in [-0.1, -0.05) is 291 Å². The third kappa shape index (κ3) is 11.6. The van der Waals surface area contributed by atoms with Gasteiger partial charge >= 0.3 is 0 Å². The molecule has 0 radical (unpaired) electrons. The predicted molar refractivity (Wildman–Crippen MR) is 456 cm³/mol. The third-order valence-corrected chi connectivity index (χ3v) is 21.5. The van der Waals surface area contributed by atoms with Crippen LogP contribution in [0.5, 0.6) is 0 Å². The molecule has 0 amide bonds. The smallest absolute Gasteiger partial charge is 0.160 e. The first-order valence-electron chi connectivity index (χ1n) is 37.5. The highest BCUT2D eigenvalue weighted by Crippen LogP contribution is 2.44. The van der Waals surface area contributed by atoms with Crippen molar-refractivity contribution in [2.24, 2.45) is 0 Å². The Bertz CT molecular complexity index is 6930. The fraction of sp³-hybridized carbons (Fsp3) is 0. The molecule has 0 aliphatic heterocycles. The molecule has 0 atom stereocenters. The van der Waals surface area contributed by atoms with Crippen LogP contribution in [0.15, 0.2) is 394 Å². The molecule has 0 fully saturated rings. The van der Waals surface area contributed by atoms with Crippen molar-refractivity contribution in [1.82, 2.24) is 43.6 Å². The molecule has 0 aliphatic rings. The molecule has 21 rings (SSSR count). The van der Waals surface area contributed by atoms with Gasteiger partial charge in [0.05, 0.1) is 67.3 Å². The van der Waals surface area contributed by atoms with Gasteiger partial charge < -0.3 is 13.7 Å². The average molecular weight is 1420 g/mol. The van der Waals surface area contributed by atoms with Crippen molar-refractivity contribution in [3.8, 4) is 141 Å². The fourth-order valence-electron chi connectivity index (χ4n) is 16.3. The van der Waals surface area contributed by atoms with Gasteiger partial charge in [0.25, 0.3) is 0 Å². The van der Waals surface area contributed by atoms with E-state index in [0.717, 1.165) is 167 Å². The maximum Gasteiger partial charge on any atom is 0.160 e. The van der Waals surface area contributed by atoms with E-state index in [1.165, 1.54) is 21.5 Å². The van der Waals surface area contributed by atoms with Gasteiger partial charge in [-0.05, 0) is 125 Å². The summed E-state index contributed by atoms with van der Waals surface area (Å²) in [5, 5.41) is 7.10. The van der Waals surface area contributed by atoms with Crippen molar-refractivity contribution in [2.75, 3.05) is 0 Å². The highest BCUT2D eigenvalue weighted by atomic mass is 15.0. The van der Waals surface area contributed by atoms with Crippen molar-refractivity contribution in [2.45, 2.75) is 0 Å². The van der Waals surface area contributed by atoms with Crippen LogP contribution in [0.4, 0.5) is 0 Å². The Morgan fingerprint density at radius 3 is 0.838 bits per heavy atom. The summed E-state index contributed by atoms with van der Waals surface area (Å²) in [4.78, 5) is 32.2. The molecule has 0 bridgehead atoms. The highest BCUT2D eigenvalue weighted by molar-refractivity contribution is 6.16. The van der Waals surface area contributed by atoms with Gasteiger partial charge in [0.2, 0.25) is 0 Å². The molecule has 0 N–H and O–H groups in total. The Hall–Kier alpha value is -15.1.